The molecule has 0 fully saturated rings. The number of rotatable bonds is 5. The summed E-state index contributed by atoms with van der Waals surface area (Å²) >= 11 is 0. The van der Waals surface area contributed by atoms with E-state index in [1.807, 2.05) is 31.2 Å². The van der Waals surface area contributed by atoms with Crippen LogP contribution in [0.5, 0.6) is 0 Å². The summed E-state index contributed by atoms with van der Waals surface area (Å²) in [7, 11) is -3.49. The van der Waals surface area contributed by atoms with Gasteiger partial charge in [0, 0.05) is 6.26 Å². The molecule has 134 valence electrons. The Morgan fingerprint density at radius 3 is 2.42 bits per heavy atom. The number of hydrogen-bond donors (Lipinski definition) is 1. The smallest absolute Gasteiger partial charge is 0.253 e. The molecular weight excluding hydrogens is 352 g/mol. The van der Waals surface area contributed by atoms with Gasteiger partial charge in [-0.05, 0) is 36.8 Å². The Morgan fingerprint density at radius 2 is 1.81 bits per heavy atom. The van der Waals surface area contributed by atoms with Crippen molar-refractivity contribution in [1.82, 2.24) is 20.1 Å². The van der Waals surface area contributed by atoms with Crippen molar-refractivity contribution in [2.24, 2.45) is 0 Å². The zero-order valence-corrected chi connectivity index (χ0v) is 15.1. The molecule has 0 spiro atoms. The van der Waals surface area contributed by atoms with Gasteiger partial charge in [0.15, 0.2) is 9.84 Å². The predicted molar refractivity (Wildman–Crippen MR) is 96.8 cm³/mol. The van der Waals surface area contributed by atoms with Crippen LogP contribution in [-0.2, 0) is 9.84 Å². The van der Waals surface area contributed by atoms with Gasteiger partial charge in [0.25, 0.3) is 5.91 Å². The lowest BCUT2D eigenvalue weighted by Crippen LogP contribution is -2.28. The molecule has 0 aliphatic carbocycles. The summed E-state index contributed by atoms with van der Waals surface area (Å²) in [5, 5.41) is 6.90. The minimum atomic E-state index is -3.49. The van der Waals surface area contributed by atoms with Crippen LogP contribution in [0.4, 0.5) is 0 Å². The Bertz CT molecular complexity index is 1010. The largest absolute Gasteiger partial charge is 0.345 e. The van der Waals surface area contributed by atoms with Crippen molar-refractivity contribution in [2.75, 3.05) is 6.26 Å². The van der Waals surface area contributed by atoms with Gasteiger partial charge in [0.1, 0.15) is 12.7 Å². The molecule has 1 N–H and O–H groups in total. The molecule has 0 bridgehead atoms. The molecular formula is C18H18N4O3S. The van der Waals surface area contributed by atoms with E-state index in [9.17, 15) is 13.2 Å². The molecule has 3 rings (SSSR count). The van der Waals surface area contributed by atoms with E-state index in [2.05, 4.69) is 15.4 Å². The summed E-state index contributed by atoms with van der Waals surface area (Å²) < 4.78 is 25.4. The molecule has 1 heterocycles. The summed E-state index contributed by atoms with van der Waals surface area (Å²) in [5.74, 6) is -0.432. The Kier molecular flexibility index (Phi) is 4.85. The summed E-state index contributed by atoms with van der Waals surface area (Å²) in [6.07, 6.45) is 4.14. The predicted octanol–water partition coefficient (Wildman–Crippen LogP) is 2.16. The third kappa shape index (κ3) is 3.80. The molecule has 1 atom stereocenters. The first kappa shape index (κ1) is 17.8. The van der Waals surface area contributed by atoms with Gasteiger partial charge >= 0.3 is 0 Å². The van der Waals surface area contributed by atoms with E-state index >= 15 is 0 Å². The molecule has 0 saturated carbocycles. The molecule has 1 unspecified atom stereocenters. The van der Waals surface area contributed by atoms with Crippen molar-refractivity contribution in [3.8, 4) is 5.69 Å². The standard InChI is InChI=1S/C18H18N4O3S/c1-13(14-7-9-15(10-8-14)22-12-19-11-20-22)21-18(23)16-5-3-4-6-17(16)26(2,24)25/h3-13H,1-2H3,(H,21,23). The van der Waals surface area contributed by atoms with Crippen LogP contribution in [0.1, 0.15) is 28.9 Å². The number of amides is 1. The van der Waals surface area contributed by atoms with E-state index in [4.69, 9.17) is 0 Å². The second kappa shape index (κ2) is 7.09. The molecule has 7 nitrogen and oxygen atoms in total. The highest BCUT2D eigenvalue weighted by Gasteiger charge is 2.19. The van der Waals surface area contributed by atoms with Gasteiger partial charge in [-0.1, -0.05) is 24.3 Å². The molecule has 0 radical (unpaired) electrons. The molecule has 3 aromatic rings. The van der Waals surface area contributed by atoms with Crippen molar-refractivity contribution >= 4 is 15.7 Å². The van der Waals surface area contributed by atoms with E-state index in [-0.39, 0.29) is 16.5 Å². The lowest BCUT2D eigenvalue weighted by atomic mass is 10.1. The monoisotopic (exact) mass is 370 g/mol. The lowest BCUT2D eigenvalue weighted by Gasteiger charge is -2.16. The molecule has 1 aromatic heterocycles. The van der Waals surface area contributed by atoms with Crippen LogP contribution in [0.15, 0.2) is 66.1 Å². The third-order valence-corrected chi connectivity index (χ3v) is 5.11. The molecule has 0 saturated heterocycles. The number of hydrogen-bond acceptors (Lipinski definition) is 5. The number of carbonyl (C=O) groups excluding carboxylic acids is 1. The fraction of sp³-hybridized carbons (Fsp3) is 0.167. The molecule has 2 aromatic carbocycles. The highest BCUT2D eigenvalue weighted by molar-refractivity contribution is 7.90. The van der Waals surface area contributed by atoms with Crippen molar-refractivity contribution in [1.29, 1.82) is 0 Å². The van der Waals surface area contributed by atoms with E-state index in [1.54, 1.807) is 23.1 Å². The van der Waals surface area contributed by atoms with Crippen molar-refractivity contribution < 1.29 is 13.2 Å². The minimum absolute atomic E-state index is 0.0197. The van der Waals surface area contributed by atoms with E-state index < -0.39 is 15.7 Å². The summed E-state index contributed by atoms with van der Waals surface area (Å²) in [6, 6.07) is 13.4. The number of nitrogens with zero attached hydrogens (tertiary/aromatic N) is 3. The van der Waals surface area contributed by atoms with Crippen molar-refractivity contribution in [2.45, 2.75) is 17.9 Å². The number of carbonyl (C=O) groups is 1. The Labute approximate surface area is 151 Å². The van der Waals surface area contributed by atoms with Crippen LogP contribution in [0.3, 0.4) is 0 Å². The zero-order valence-electron chi connectivity index (χ0n) is 14.3. The second-order valence-corrected chi connectivity index (χ2v) is 7.88. The summed E-state index contributed by atoms with van der Waals surface area (Å²) in [4.78, 5) is 16.5. The van der Waals surface area contributed by atoms with Gasteiger partial charge < -0.3 is 5.32 Å². The van der Waals surface area contributed by atoms with Crippen LogP contribution in [0.25, 0.3) is 5.69 Å². The number of nitrogens with one attached hydrogen (secondary N) is 1. The van der Waals surface area contributed by atoms with Gasteiger partial charge in [0.05, 0.1) is 22.2 Å². The fourth-order valence-electron chi connectivity index (χ4n) is 2.59. The van der Waals surface area contributed by atoms with Gasteiger partial charge in [0.2, 0.25) is 0 Å². The van der Waals surface area contributed by atoms with Crippen LogP contribution >= 0.6 is 0 Å². The molecule has 26 heavy (non-hydrogen) atoms. The maximum atomic E-state index is 12.6. The summed E-state index contributed by atoms with van der Waals surface area (Å²) in [6.45, 7) is 1.84. The fourth-order valence-corrected chi connectivity index (χ4v) is 3.48. The molecule has 1 amide bonds. The van der Waals surface area contributed by atoms with E-state index in [1.165, 1.54) is 18.5 Å². The normalized spacial score (nSPS) is 12.5. The maximum absolute atomic E-state index is 12.6. The van der Waals surface area contributed by atoms with Crippen LogP contribution in [0.2, 0.25) is 0 Å². The average molecular weight is 370 g/mol. The van der Waals surface area contributed by atoms with Crippen molar-refractivity contribution in [3.05, 3.63) is 72.3 Å². The molecule has 0 aliphatic heterocycles. The van der Waals surface area contributed by atoms with Gasteiger partial charge in [-0.2, -0.15) is 5.10 Å². The zero-order chi connectivity index (χ0) is 18.7. The number of benzene rings is 2. The number of aromatic nitrogens is 3. The highest BCUT2D eigenvalue weighted by atomic mass is 32.2. The quantitative estimate of drug-likeness (QED) is 0.743. The summed E-state index contributed by atoms with van der Waals surface area (Å²) in [5.41, 5.74) is 1.88. The van der Waals surface area contributed by atoms with Gasteiger partial charge in [-0.25, -0.2) is 18.1 Å². The van der Waals surface area contributed by atoms with Crippen LogP contribution in [0, 0.1) is 0 Å². The number of sulfone groups is 1. The minimum Gasteiger partial charge on any atom is -0.345 e. The Morgan fingerprint density at radius 1 is 1.12 bits per heavy atom. The third-order valence-electron chi connectivity index (χ3n) is 3.96. The van der Waals surface area contributed by atoms with Crippen LogP contribution < -0.4 is 5.32 Å². The average Bonchev–Trinajstić information content (AvgIpc) is 3.15. The second-order valence-electron chi connectivity index (χ2n) is 5.90. The topological polar surface area (TPSA) is 94.0 Å². The van der Waals surface area contributed by atoms with E-state index in [0.717, 1.165) is 17.5 Å². The lowest BCUT2D eigenvalue weighted by molar-refractivity contribution is 0.0936. The van der Waals surface area contributed by atoms with Gasteiger partial charge in [-0.15, -0.1) is 0 Å². The maximum Gasteiger partial charge on any atom is 0.253 e. The molecule has 0 aliphatic rings. The van der Waals surface area contributed by atoms with Gasteiger partial charge in [-0.3, -0.25) is 4.79 Å². The Hall–Kier alpha value is -3.00. The first-order chi connectivity index (χ1) is 12.4. The molecule has 8 heteroatoms. The SMILES string of the molecule is CC(NC(=O)c1ccccc1S(C)(=O)=O)c1ccc(-n2cncn2)cc1. The van der Waals surface area contributed by atoms with Crippen molar-refractivity contribution in [3.63, 3.8) is 0 Å². The first-order valence-corrected chi connectivity index (χ1v) is 9.80. The van der Waals surface area contributed by atoms with Crippen LogP contribution in [-0.4, -0.2) is 35.3 Å². The van der Waals surface area contributed by atoms with E-state index in [0.29, 0.717) is 0 Å². The first-order valence-electron chi connectivity index (χ1n) is 7.91. The highest BCUT2D eigenvalue weighted by Crippen LogP contribution is 2.19. The Balaban J connectivity index is 1.78.